The molecular weight excluding hydrogens is 525 g/mol. The molecule has 1 aromatic heterocycles. The smallest absolute Gasteiger partial charge is 0.338 e. The molecule has 12 heteroatoms. The van der Waals surface area contributed by atoms with Gasteiger partial charge in [0.05, 0.1) is 34.6 Å². The lowest BCUT2D eigenvalue weighted by Crippen LogP contribution is -2.28. The summed E-state index contributed by atoms with van der Waals surface area (Å²) in [5.41, 5.74) is 1.15. The molecule has 1 heterocycles. The first-order valence-corrected chi connectivity index (χ1v) is 12.8. The number of aromatic nitrogens is 3. The van der Waals surface area contributed by atoms with Crippen LogP contribution in [-0.4, -0.2) is 44.9 Å². The van der Waals surface area contributed by atoms with Gasteiger partial charge in [-0.3, -0.25) is 9.59 Å². The van der Waals surface area contributed by atoms with Crippen LogP contribution in [0.4, 0.5) is 5.69 Å². The van der Waals surface area contributed by atoms with Crippen LogP contribution < -0.4 is 10.6 Å². The van der Waals surface area contributed by atoms with Crippen molar-refractivity contribution in [3.8, 4) is 0 Å². The third-order valence-corrected chi connectivity index (χ3v) is 6.50. The van der Waals surface area contributed by atoms with E-state index in [1.807, 2.05) is 6.92 Å². The fraction of sp³-hybridized carbons (Fsp3) is 0.292. The van der Waals surface area contributed by atoms with E-state index in [1.54, 1.807) is 54.9 Å². The van der Waals surface area contributed by atoms with Crippen LogP contribution >= 0.6 is 35.0 Å². The lowest BCUT2D eigenvalue weighted by molar-refractivity contribution is -0.113. The quantitative estimate of drug-likeness (QED) is 0.272. The number of nitrogens with one attached hydrogen (secondary N) is 2. The van der Waals surface area contributed by atoms with Gasteiger partial charge in [0.2, 0.25) is 5.91 Å². The number of amides is 2. The van der Waals surface area contributed by atoms with Gasteiger partial charge in [0.15, 0.2) is 11.0 Å². The summed E-state index contributed by atoms with van der Waals surface area (Å²) in [4.78, 5) is 37.1. The van der Waals surface area contributed by atoms with Gasteiger partial charge in [-0.05, 0) is 49.7 Å². The number of ether oxygens (including phenoxy) is 1. The van der Waals surface area contributed by atoms with Crippen molar-refractivity contribution < 1.29 is 19.1 Å². The summed E-state index contributed by atoms with van der Waals surface area (Å²) in [5.74, 6) is -0.510. The molecule has 3 rings (SSSR count). The van der Waals surface area contributed by atoms with Crippen LogP contribution in [-0.2, 0) is 16.6 Å². The maximum atomic E-state index is 12.6. The highest BCUT2D eigenvalue weighted by molar-refractivity contribution is 7.99. The summed E-state index contributed by atoms with van der Waals surface area (Å²) in [6, 6.07) is 10.7. The number of benzene rings is 2. The van der Waals surface area contributed by atoms with Crippen LogP contribution in [0, 0.1) is 0 Å². The van der Waals surface area contributed by atoms with Gasteiger partial charge in [0.1, 0.15) is 0 Å². The predicted molar refractivity (Wildman–Crippen MR) is 140 cm³/mol. The molecule has 0 aliphatic rings. The van der Waals surface area contributed by atoms with Crippen LogP contribution in [0.25, 0.3) is 0 Å². The number of anilines is 1. The molecule has 2 N–H and O–H groups in total. The highest BCUT2D eigenvalue weighted by Gasteiger charge is 2.20. The number of carbonyl (C=O) groups is 3. The Balaban J connectivity index is 1.57. The highest BCUT2D eigenvalue weighted by atomic mass is 35.5. The van der Waals surface area contributed by atoms with Crippen molar-refractivity contribution in [1.82, 2.24) is 20.1 Å². The molecule has 0 aliphatic heterocycles. The first-order valence-electron chi connectivity index (χ1n) is 11.0. The minimum absolute atomic E-state index is 0.0671. The number of thioether (sulfide) groups is 1. The molecule has 3 aromatic rings. The molecule has 0 saturated heterocycles. The molecule has 2 aromatic carbocycles. The second kappa shape index (κ2) is 12.8. The summed E-state index contributed by atoms with van der Waals surface area (Å²) >= 11 is 13.2. The summed E-state index contributed by atoms with van der Waals surface area (Å²) < 4.78 is 6.83. The van der Waals surface area contributed by atoms with Gasteiger partial charge >= 0.3 is 5.97 Å². The Kier molecular flexibility index (Phi) is 9.74. The Hall–Kier alpha value is -3.08. The monoisotopic (exact) mass is 549 g/mol. The maximum absolute atomic E-state index is 12.6. The van der Waals surface area contributed by atoms with Gasteiger partial charge in [0, 0.05) is 17.8 Å². The van der Waals surface area contributed by atoms with Gasteiger partial charge in [-0.1, -0.05) is 48.0 Å². The number of carbonyl (C=O) groups excluding carboxylic acids is 3. The van der Waals surface area contributed by atoms with E-state index in [4.69, 9.17) is 27.9 Å². The van der Waals surface area contributed by atoms with Crippen molar-refractivity contribution >= 4 is 58.4 Å². The SMILES string of the molecule is CCCOC(=O)c1cccc(NC(=O)CSc2nnc([C@H](C)NC(=O)c3ccc(Cl)cc3Cl)n2C)c1. The van der Waals surface area contributed by atoms with E-state index in [2.05, 4.69) is 20.8 Å². The van der Waals surface area contributed by atoms with E-state index in [9.17, 15) is 14.4 Å². The molecule has 9 nitrogen and oxygen atoms in total. The van der Waals surface area contributed by atoms with Crippen LogP contribution in [0.5, 0.6) is 0 Å². The Morgan fingerprint density at radius 1 is 1.14 bits per heavy atom. The summed E-state index contributed by atoms with van der Waals surface area (Å²) in [6.07, 6.45) is 0.727. The largest absolute Gasteiger partial charge is 0.462 e. The van der Waals surface area contributed by atoms with Crippen molar-refractivity contribution in [3.63, 3.8) is 0 Å². The van der Waals surface area contributed by atoms with Crippen molar-refractivity contribution in [2.75, 3.05) is 17.7 Å². The predicted octanol–water partition coefficient (Wildman–Crippen LogP) is 4.91. The highest BCUT2D eigenvalue weighted by Crippen LogP contribution is 2.23. The van der Waals surface area contributed by atoms with E-state index in [-0.39, 0.29) is 22.6 Å². The molecule has 0 bridgehead atoms. The Labute approximate surface area is 222 Å². The van der Waals surface area contributed by atoms with E-state index in [0.717, 1.165) is 6.42 Å². The Morgan fingerprint density at radius 3 is 2.64 bits per heavy atom. The van der Waals surface area contributed by atoms with Crippen LogP contribution in [0.3, 0.4) is 0 Å². The third kappa shape index (κ3) is 7.22. The molecule has 0 fully saturated rings. The second-order valence-electron chi connectivity index (χ2n) is 7.77. The van der Waals surface area contributed by atoms with Crippen molar-refractivity contribution in [2.45, 2.75) is 31.5 Å². The molecule has 190 valence electrons. The van der Waals surface area contributed by atoms with E-state index in [1.165, 1.54) is 17.8 Å². The minimum Gasteiger partial charge on any atom is -0.462 e. The summed E-state index contributed by atoms with van der Waals surface area (Å²) in [5, 5.41) is 15.1. The molecule has 0 aliphatic carbocycles. The van der Waals surface area contributed by atoms with Crippen molar-refractivity contribution in [1.29, 1.82) is 0 Å². The molecule has 36 heavy (non-hydrogen) atoms. The molecule has 0 radical (unpaired) electrons. The zero-order valence-electron chi connectivity index (χ0n) is 19.9. The molecule has 0 spiro atoms. The normalized spacial score (nSPS) is 11.6. The second-order valence-corrected chi connectivity index (χ2v) is 9.56. The van der Waals surface area contributed by atoms with Crippen molar-refractivity contribution in [3.05, 3.63) is 69.5 Å². The average Bonchev–Trinajstić information content (AvgIpc) is 3.21. The van der Waals surface area contributed by atoms with E-state index in [0.29, 0.717) is 39.4 Å². The summed E-state index contributed by atoms with van der Waals surface area (Å²) in [6.45, 7) is 4.02. The first kappa shape index (κ1) is 27.5. The molecule has 0 saturated carbocycles. The number of rotatable bonds is 10. The molecule has 1 atom stereocenters. The van der Waals surface area contributed by atoms with Gasteiger partial charge in [0.25, 0.3) is 5.91 Å². The topological polar surface area (TPSA) is 115 Å². The third-order valence-electron chi connectivity index (χ3n) is 4.93. The number of hydrogen-bond donors (Lipinski definition) is 2. The van der Waals surface area contributed by atoms with E-state index < -0.39 is 12.0 Å². The van der Waals surface area contributed by atoms with Crippen LogP contribution in [0.15, 0.2) is 47.6 Å². The minimum atomic E-state index is -0.472. The summed E-state index contributed by atoms with van der Waals surface area (Å²) in [7, 11) is 1.75. The number of nitrogens with zero attached hydrogens (tertiary/aromatic N) is 3. The fourth-order valence-corrected chi connectivity index (χ4v) is 4.38. The fourth-order valence-electron chi connectivity index (χ4n) is 3.17. The molecule has 0 unspecified atom stereocenters. The van der Waals surface area contributed by atoms with Gasteiger partial charge in [-0.2, -0.15) is 0 Å². The zero-order valence-corrected chi connectivity index (χ0v) is 22.2. The van der Waals surface area contributed by atoms with Gasteiger partial charge in [-0.15, -0.1) is 10.2 Å². The standard InChI is InChI=1S/C24H25Cl2N5O4S/c1-4-10-35-23(34)15-6-5-7-17(11-15)28-20(32)13-36-24-30-29-21(31(24)3)14(2)27-22(33)18-9-8-16(25)12-19(18)26/h5-9,11-12,14H,4,10,13H2,1-3H3,(H,27,33)(H,28,32)/t14-/m0/s1. The number of esters is 1. The van der Waals surface area contributed by atoms with Gasteiger partial charge in [-0.25, -0.2) is 4.79 Å². The van der Waals surface area contributed by atoms with Crippen LogP contribution in [0.2, 0.25) is 10.0 Å². The van der Waals surface area contributed by atoms with Crippen LogP contribution in [0.1, 0.15) is 52.9 Å². The first-order chi connectivity index (χ1) is 17.2. The van der Waals surface area contributed by atoms with Gasteiger partial charge < -0.3 is 19.9 Å². The molecular formula is C24H25Cl2N5O4S. The zero-order chi connectivity index (χ0) is 26.2. The van der Waals surface area contributed by atoms with E-state index >= 15 is 0 Å². The maximum Gasteiger partial charge on any atom is 0.338 e. The number of halogens is 2. The Bertz CT molecular complexity index is 1270. The van der Waals surface area contributed by atoms with Crippen molar-refractivity contribution in [2.24, 2.45) is 7.05 Å². The Morgan fingerprint density at radius 2 is 1.92 bits per heavy atom. The number of hydrogen-bond acceptors (Lipinski definition) is 7. The average molecular weight is 550 g/mol. The lowest BCUT2D eigenvalue weighted by Gasteiger charge is -2.14. The molecule has 2 amide bonds. The lowest BCUT2D eigenvalue weighted by atomic mass is 10.2.